The van der Waals surface area contributed by atoms with Crippen molar-refractivity contribution >= 4 is 5.91 Å². The molecular formula is C15H21N5O. The molecule has 2 N–H and O–H groups in total. The van der Waals surface area contributed by atoms with E-state index in [-0.39, 0.29) is 12.5 Å². The third-order valence-electron chi connectivity index (χ3n) is 3.37. The lowest BCUT2D eigenvalue weighted by Crippen LogP contribution is -2.30. The molecule has 6 nitrogen and oxygen atoms in total. The first-order valence-electron chi connectivity index (χ1n) is 7.03. The molecule has 1 aromatic heterocycles. The highest BCUT2D eigenvalue weighted by molar-refractivity contribution is 5.75. The highest BCUT2D eigenvalue weighted by Gasteiger charge is 2.11. The number of nitrogens with two attached hydrogens (primary N) is 1. The second-order valence-electron chi connectivity index (χ2n) is 5.03. The molecule has 0 saturated heterocycles. The van der Waals surface area contributed by atoms with Gasteiger partial charge in [0.25, 0.3) is 0 Å². The minimum atomic E-state index is -0.0111. The van der Waals surface area contributed by atoms with Crippen molar-refractivity contribution in [3.8, 4) is 0 Å². The first kappa shape index (κ1) is 15.2. The molecule has 2 aromatic rings. The smallest absolute Gasteiger partial charge is 0.244 e. The summed E-state index contributed by atoms with van der Waals surface area (Å²) in [6.45, 7) is 3.21. The van der Waals surface area contributed by atoms with Gasteiger partial charge in [0.15, 0.2) is 0 Å². The third-order valence-corrected chi connectivity index (χ3v) is 3.37. The number of hydrogen-bond acceptors (Lipinski definition) is 4. The van der Waals surface area contributed by atoms with E-state index in [1.165, 1.54) is 10.2 Å². The van der Waals surface area contributed by atoms with Gasteiger partial charge >= 0.3 is 0 Å². The van der Waals surface area contributed by atoms with Gasteiger partial charge in [-0.05, 0) is 17.5 Å². The number of rotatable bonds is 6. The number of hydrogen-bond donors (Lipinski definition) is 1. The van der Waals surface area contributed by atoms with Crippen molar-refractivity contribution in [3.63, 3.8) is 0 Å². The lowest BCUT2D eigenvalue weighted by Gasteiger charge is -2.17. The summed E-state index contributed by atoms with van der Waals surface area (Å²) in [5, 5.41) is 7.75. The summed E-state index contributed by atoms with van der Waals surface area (Å²) < 4.78 is 1.52. The van der Waals surface area contributed by atoms with Gasteiger partial charge in [-0.15, -0.1) is 5.10 Å². The Hall–Kier alpha value is -2.21. The van der Waals surface area contributed by atoms with Crippen LogP contribution < -0.4 is 5.73 Å². The molecule has 1 aromatic carbocycles. The molecule has 0 spiro atoms. The molecule has 0 aliphatic rings. The van der Waals surface area contributed by atoms with E-state index in [1.807, 2.05) is 0 Å². The molecule has 6 heteroatoms. The Labute approximate surface area is 124 Å². The summed E-state index contributed by atoms with van der Waals surface area (Å²) in [5.41, 5.74) is 8.56. The zero-order valence-corrected chi connectivity index (χ0v) is 12.5. The maximum Gasteiger partial charge on any atom is 0.244 e. The monoisotopic (exact) mass is 287 g/mol. The molecule has 0 saturated carbocycles. The van der Waals surface area contributed by atoms with Crippen molar-refractivity contribution in [2.24, 2.45) is 5.73 Å². The van der Waals surface area contributed by atoms with Crippen molar-refractivity contribution in [3.05, 3.63) is 47.3 Å². The van der Waals surface area contributed by atoms with Gasteiger partial charge in [-0.2, -0.15) is 0 Å². The van der Waals surface area contributed by atoms with Crippen molar-refractivity contribution in [2.45, 2.75) is 33.0 Å². The van der Waals surface area contributed by atoms with Gasteiger partial charge in [0.1, 0.15) is 6.54 Å². The first-order chi connectivity index (χ1) is 10.1. The summed E-state index contributed by atoms with van der Waals surface area (Å²) in [6.07, 6.45) is 2.71. The fourth-order valence-corrected chi connectivity index (χ4v) is 2.01. The molecule has 0 bridgehead atoms. The Bertz CT molecular complexity index is 590. The lowest BCUT2D eigenvalue weighted by molar-refractivity contribution is -0.131. The van der Waals surface area contributed by atoms with Crippen LogP contribution in [0.4, 0.5) is 0 Å². The van der Waals surface area contributed by atoms with Gasteiger partial charge in [0.2, 0.25) is 5.91 Å². The number of benzene rings is 1. The number of nitrogens with zero attached hydrogens (tertiary/aromatic N) is 4. The van der Waals surface area contributed by atoms with Crippen molar-refractivity contribution in [2.75, 3.05) is 7.05 Å². The molecule has 0 unspecified atom stereocenters. The normalized spacial score (nSPS) is 10.6. The number of likely N-dealkylation sites (N-methyl/N-ethyl adjacent to an activating group) is 1. The Morgan fingerprint density at radius 3 is 2.52 bits per heavy atom. The summed E-state index contributed by atoms with van der Waals surface area (Å²) >= 11 is 0. The standard InChI is InChI=1S/C15H21N5O/c1-3-12-4-6-13(7-5-12)9-19(2)15(21)11-20-10-14(8-16)17-18-20/h4-7,10H,3,8-9,11,16H2,1-2H3. The Morgan fingerprint density at radius 2 is 1.95 bits per heavy atom. The number of aryl methyl sites for hydroxylation is 1. The molecule has 21 heavy (non-hydrogen) atoms. The Morgan fingerprint density at radius 1 is 1.29 bits per heavy atom. The van der Waals surface area contributed by atoms with Crippen molar-refractivity contribution in [1.82, 2.24) is 19.9 Å². The van der Waals surface area contributed by atoms with Gasteiger partial charge in [-0.1, -0.05) is 36.4 Å². The predicted octanol–water partition coefficient (Wildman–Crippen LogP) is 0.958. The van der Waals surface area contributed by atoms with Gasteiger partial charge < -0.3 is 10.6 Å². The van der Waals surface area contributed by atoms with Crippen LogP contribution in [-0.4, -0.2) is 32.8 Å². The Balaban J connectivity index is 1.92. The molecular weight excluding hydrogens is 266 g/mol. The topological polar surface area (TPSA) is 77.0 Å². The minimum Gasteiger partial charge on any atom is -0.340 e. The average molecular weight is 287 g/mol. The highest BCUT2D eigenvalue weighted by atomic mass is 16.2. The van der Waals surface area contributed by atoms with E-state index in [0.717, 1.165) is 12.0 Å². The zero-order valence-electron chi connectivity index (χ0n) is 12.5. The van der Waals surface area contributed by atoms with Crippen LogP contribution in [0.1, 0.15) is 23.7 Å². The number of aromatic nitrogens is 3. The van der Waals surface area contributed by atoms with E-state index < -0.39 is 0 Å². The first-order valence-corrected chi connectivity index (χ1v) is 7.03. The molecule has 0 radical (unpaired) electrons. The molecule has 1 heterocycles. The van der Waals surface area contributed by atoms with E-state index in [2.05, 4.69) is 41.5 Å². The molecule has 0 fully saturated rings. The van der Waals surface area contributed by atoms with E-state index in [9.17, 15) is 4.79 Å². The molecule has 2 rings (SSSR count). The van der Waals surface area contributed by atoms with Gasteiger partial charge in [-0.3, -0.25) is 4.79 Å². The zero-order chi connectivity index (χ0) is 15.2. The van der Waals surface area contributed by atoms with Crippen molar-refractivity contribution < 1.29 is 4.79 Å². The maximum absolute atomic E-state index is 12.1. The number of amides is 1. The van der Waals surface area contributed by atoms with Crippen LogP contribution in [0.25, 0.3) is 0 Å². The number of carbonyl (C=O) groups excluding carboxylic acids is 1. The molecule has 1 amide bonds. The van der Waals surface area contributed by atoms with E-state index in [4.69, 9.17) is 5.73 Å². The fraction of sp³-hybridized carbons (Fsp3) is 0.400. The largest absolute Gasteiger partial charge is 0.340 e. The van der Waals surface area contributed by atoms with E-state index >= 15 is 0 Å². The van der Waals surface area contributed by atoms with Gasteiger partial charge in [0, 0.05) is 20.1 Å². The van der Waals surface area contributed by atoms with Gasteiger partial charge in [-0.25, -0.2) is 4.68 Å². The highest BCUT2D eigenvalue weighted by Crippen LogP contribution is 2.08. The third kappa shape index (κ3) is 4.13. The summed E-state index contributed by atoms with van der Waals surface area (Å²) in [6, 6.07) is 8.31. The summed E-state index contributed by atoms with van der Waals surface area (Å²) in [7, 11) is 1.79. The van der Waals surface area contributed by atoms with Crippen LogP contribution >= 0.6 is 0 Å². The second kappa shape index (κ2) is 6.99. The second-order valence-corrected chi connectivity index (χ2v) is 5.03. The van der Waals surface area contributed by atoms with Crippen molar-refractivity contribution in [1.29, 1.82) is 0 Å². The van der Waals surface area contributed by atoms with Crippen LogP contribution in [0.3, 0.4) is 0 Å². The van der Waals surface area contributed by atoms with Crippen LogP contribution in [0.2, 0.25) is 0 Å². The minimum absolute atomic E-state index is 0.0111. The number of carbonyl (C=O) groups is 1. The molecule has 0 aliphatic heterocycles. The van der Waals surface area contributed by atoms with Gasteiger partial charge in [0.05, 0.1) is 11.9 Å². The van der Waals surface area contributed by atoms with Crippen LogP contribution in [0.5, 0.6) is 0 Å². The fourth-order valence-electron chi connectivity index (χ4n) is 2.01. The average Bonchev–Trinajstić information content (AvgIpc) is 2.95. The molecule has 112 valence electrons. The summed E-state index contributed by atoms with van der Waals surface area (Å²) in [4.78, 5) is 13.8. The summed E-state index contributed by atoms with van der Waals surface area (Å²) in [5.74, 6) is -0.0111. The van der Waals surface area contributed by atoms with Crippen LogP contribution in [-0.2, 0) is 30.8 Å². The SMILES string of the molecule is CCc1ccc(CN(C)C(=O)Cn2cc(CN)nn2)cc1. The maximum atomic E-state index is 12.1. The van der Waals surface area contributed by atoms with Crippen LogP contribution in [0, 0.1) is 0 Å². The molecule has 0 aliphatic carbocycles. The Kier molecular flexibility index (Phi) is 5.05. The van der Waals surface area contributed by atoms with Crippen LogP contribution in [0.15, 0.2) is 30.5 Å². The van der Waals surface area contributed by atoms with E-state index in [1.54, 1.807) is 18.1 Å². The predicted molar refractivity (Wildman–Crippen MR) is 80.2 cm³/mol. The lowest BCUT2D eigenvalue weighted by atomic mass is 10.1. The van der Waals surface area contributed by atoms with E-state index in [0.29, 0.717) is 18.8 Å². The quantitative estimate of drug-likeness (QED) is 0.858. The molecule has 0 atom stereocenters.